The Morgan fingerprint density at radius 2 is 2.11 bits per heavy atom. The molecule has 110 valence electrons. The lowest BCUT2D eigenvalue weighted by molar-refractivity contribution is 0.223. The minimum atomic E-state index is 0.120. The van der Waals surface area contributed by atoms with E-state index in [9.17, 15) is 5.11 Å². The second-order valence-corrected chi connectivity index (χ2v) is 6.28. The van der Waals surface area contributed by atoms with Gasteiger partial charge < -0.3 is 20.1 Å². The Bertz CT molecular complexity index is 380. The number of aliphatic hydroxyl groups excluding tert-OH is 1. The summed E-state index contributed by atoms with van der Waals surface area (Å²) >= 11 is 1.61. The maximum atomic E-state index is 9.36. The first-order valence-electron chi connectivity index (χ1n) is 6.53. The van der Waals surface area contributed by atoms with Crippen molar-refractivity contribution in [2.24, 2.45) is 5.92 Å². The molecule has 0 saturated carbocycles. The van der Waals surface area contributed by atoms with E-state index in [0.29, 0.717) is 18.3 Å². The summed E-state index contributed by atoms with van der Waals surface area (Å²) in [5, 5.41) is 13.7. The summed E-state index contributed by atoms with van der Waals surface area (Å²) in [4.78, 5) is 7.44. The molecule has 0 bridgehead atoms. The minimum absolute atomic E-state index is 0.120. The van der Waals surface area contributed by atoms with E-state index in [1.165, 1.54) is 0 Å². The molecule has 1 aromatic rings. The van der Waals surface area contributed by atoms with Crippen LogP contribution < -0.4 is 15.0 Å². The molecule has 1 atom stereocenters. The highest BCUT2D eigenvalue weighted by atomic mass is 32.1. The van der Waals surface area contributed by atoms with Crippen LogP contribution in [0.1, 0.15) is 25.1 Å². The molecular weight excluding hydrogens is 262 g/mol. The van der Waals surface area contributed by atoms with Crippen LogP contribution in [0.3, 0.4) is 0 Å². The van der Waals surface area contributed by atoms with Gasteiger partial charge in [-0.15, -0.1) is 0 Å². The van der Waals surface area contributed by atoms with Crippen LogP contribution >= 0.6 is 11.3 Å². The quantitative estimate of drug-likeness (QED) is 0.762. The molecule has 1 rings (SSSR count). The minimum Gasteiger partial charge on any atom is -0.480 e. The zero-order chi connectivity index (χ0) is 14.4. The Balaban J connectivity index is 2.65. The molecule has 0 aromatic carbocycles. The highest BCUT2D eigenvalue weighted by molar-refractivity contribution is 7.15. The summed E-state index contributed by atoms with van der Waals surface area (Å²) in [5.41, 5.74) is 0. The molecule has 0 aliphatic heterocycles. The summed E-state index contributed by atoms with van der Waals surface area (Å²) in [5.74, 6) is 1.23. The molecule has 1 unspecified atom stereocenters. The Labute approximate surface area is 119 Å². The van der Waals surface area contributed by atoms with Gasteiger partial charge in [-0.05, 0) is 12.3 Å². The van der Waals surface area contributed by atoms with Crippen molar-refractivity contribution >= 4 is 16.5 Å². The van der Waals surface area contributed by atoms with Gasteiger partial charge in [-0.1, -0.05) is 25.2 Å². The fourth-order valence-corrected chi connectivity index (χ4v) is 2.72. The largest absolute Gasteiger partial charge is 0.480 e. The predicted octanol–water partition coefficient (Wildman–Crippen LogP) is 1.71. The first-order chi connectivity index (χ1) is 8.97. The highest BCUT2D eigenvalue weighted by Gasteiger charge is 2.15. The van der Waals surface area contributed by atoms with Crippen LogP contribution in [-0.2, 0) is 6.54 Å². The molecule has 0 fully saturated rings. The lowest BCUT2D eigenvalue weighted by atomic mass is 10.0. The van der Waals surface area contributed by atoms with E-state index >= 15 is 0 Å². The molecule has 0 aliphatic rings. The summed E-state index contributed by atoms with van der Waals surface area (Å²) in [6, 6.07) is 0.120. The number of nitrogens with zero attached hydrogens (tertiary/aromatic N) is 2. The van der Waals surface area contributed by atoms with Crippen molar-refractivity contribution in [3.8, 4) is 5.88 Å². The van der Waals surface area contributed by atoms with Gasteiger partial charge in [-0.2, -0.15) is 4.98 Å². The molecule has 0 aliphatic carbocycles. The fourth-order valence-electron chi connectivity index (χ4n) is 1.82. The SMILES string of the molecule is COc1nc(N(C)C)sc1CNC(CO)CC(C)C. The van der Waals surface area contributed by atoms with Gasteiger partial charge in [-0.3, -0.25) is 0 Å². The fraction of sp³-hybridized carbons (Fsp3) is 0.769. The number of methoxy groups -OCH3 is 1. The molecule has 1 heterocycles. The summed E-state index contributed by atoms with van der Waals surface area (Å²) < 4.78 is 5.29. The molecule has 0 spiro atoms. The highest BCUT2D eigenvalue weighted by Crippen LogP contribution is 2.30. The van der Waals surface area contributed by atoms with E-state index in [1.807, 2.05) is 19.0 Å². The van der Waals surface area contributed by atoms with Crippen molar-refractivity contribution in [3.63, 3.8) is 0 Å². The molecule has 0 amide bonds. The normalized spacial score (nSPS) is 12.8. The van der Waals surface area contributed by atoms with E-state index in [2.05, 4.69) is 24.1 Å². The Kier molecular flexibility index (Phi) is 6.54. The number of anilines is 1. The number of hydrogen-bond acceptors (Lipinski definition) is 6. The Morgan fingerprint density at radius 3 is 2.58 bits per heavy atom. The second-order valence-electron chi connectivity index (χ2n) is 5.21. The molecule has 6 heteroatoms. The number of thiazole rings is 1. The monoisotopic (exact) mass is 287 g/mol. The van der Waals surface area contributed by atoms with Crippen LogP contribution in [0.5, 0.6) is 5.88 Å². The predicted molar refractivity (Wildman–Crippen MR) is 80.2 cm³/mol. The van der Waals surface area contributed by atoms with E-state index < -0.39 is 0 Å². The molecular formula is C13H25N3O2S. The molecule has 0 radical (unpaired) electrons. The van der Waals surface area contributed by atoms with Gasteiger partial charge in [0.15, 0.2) is 5.13 Å². The molecule has 5 nitrogen and oxygen atoms in total. The van der Waals surface area contributed by atoms with Crippen molar-refractivity contribution < 1.29 is 9.84 Å². The topological polar surface area (TPSA) is 57.6 Å². The number of ether oxygens (including phenoxy) is 1. The number of aromatic nitrogens is 1. The summed E-state index contributed by atoms with van der Waals surface area (Å²) in [6.45, 7) is 5.13. The van der Waals surface area contributed by atoms with Crippen LogP contribution in [0.25, 0.3) is 0 Å². The molecule has 19 heavy (non-hydrogen) atoms. The maximum absolute atomic E-state index is 9.36. The van der Waals surface area contributed by atoms with E-state index in [1.54, 1.807) is 18.4 Å². The van der Waals surface area contributed by atoms with Crippen LogP contribution in [0.2, 0.25) is 0 Å². The number of rotatable bonds is 8. The smallest absolute Gasteiger partial charge is 0.230 e. The lowest BCUT2D eigenvalue weighted by Crippen LogP contribution is -2.33. The maximum Gasteiger partial charge on any atom is 0.230 e. The average Bonchev–Trinajstić information content (AvgIpc) is 2.77. The molecule has 2 N–H and O–H groups in total. The molecule has 1 aromatic heterocycles. The number of aliphatic hydroxyl groups is 1. The van der Waals surface area contributed by atoms with Crippen molar-refractivity contribution in [1.82, 2.24) is 10.3 Å². The van der Waals surface area contributed by atoms with E-state index in [-0.39, 0.29) is 12.6 Å². The van der Waals surface area contributed by atoms with Crippen LogP contribution in [0.4, 0.5) is 5.13 Å². The number of hydrogen-bond donors (Lipinski definition) is 2. The third-order valence-electron chi connectivity index (χ3n) is 2.75. The third kappa shape index (κ3) is 4.97. The van der Waals surface area contributed by atoms with Crippen LogP contribution in [-0.4, -0.2) is 43.9 Å². The van der Waals surface area contributed by atoms with Crippen molar-refractivity contribution in [1.29, 1.82) is 0 Å². The average molecular weight is 287 g/mol. The van der Waals surface area contributed by atoms with Gasteiger partial charge >= 0.3 is 0 Å². The zero-order valence-electron chi connectivity index (χ0n) is 12.4. The van der Waals surface area contributed by atoms with Crippen molar-refractivity contribution in [2.75, 3.05) is 32.7 Å². The summed E-state index contributed by atoms with van der Waals surface area (Å²) in [6.07, 6.45) is 0.957. The first-order valence-corrected chi connectivity index (χ1v) is 7.34. The van der Waals surface area contributed by atoms with Gasteiger partial charge in [0, 0.05) is 26.7 Å². The standard InChI is InChI=1S/C13H25N3O2S/c1-9(2)6-10(8-17)14-7-11-12(18-5)15-13(19-11)16(3)4/h9-10,14,17H,6-8H2,1-5H3. The zero-order valence-corrected chi connectivity index (χ0v) is 13.3. The van der Waals surface area contributed by atoms with Crippen molar-refractivity contribution in [2.45, 2.75) is 32.9 Å². The van der Waals surface area contributed by atoms with Crippen LogP contribution in [0, 0.1) is 5.92 Å². The number of nitrogens with one attached hydrogen (secondary N) is 1. The van der Waals surface area contributed by atoms with Gasteiger partial charge in [0.1, 0.15) is 0 Å². The van der Waals surface area contributed by atoms with Crippen LogP contribution in [0.15, 0.2) is 0 Å². The van der Waals surface area contributed by atoms with Crippen molar-refractivity contribution in [3.05, 3.63) is 4.88 Å². The third-order valence-corrected chi connectivity index (χ3v) is 3.96. The Morgan fingerprint density at radius 1 is 1.42 bits per heavy atom. The van der Waals surface area contributed by atoms with E-state index in [0.717, 1.165) is 16.4 Å². The summed E-state index contributed by atoms with van der Waals surface area (Å²) in [7, 11) is 5.56. The first kappa shape index (κ1) is 16.2. The molecule has 0 saturated heterocycles. The van der Waals surface area contributed by atoms with E-state index in [4.69, 9.17) is 4.74 Å². The van der Waals surface area contributed by atoms with Gasteiger partial charge in [0.05, 0.1) is 18.6 Å². The van der Waals surface area contributed by atoms with Gasteiger partial charge in [0.2, 0.25) is 5.88 Å². The van der Waals surface area contributed by atoms with Gasteiger partial charge in [0.25, 0.3) is 0 Å². The second kappa shape index (κ2) is 7.67. The lowest BCUT2D eigenvalue weighted by Gasteiger charge is -2.17. The Hall–Kier alpha value is -0.850. The van der Waals surface area contributed by atoms with Gasteiger partial charge in [-0.25, -0.2) is 0 Å².